The molecule has 20 heavy (non-hydrogen) atoms. The van der Waals surface area contributed by atoms with Gasteiger partial charge in [0.15, 0.2) is 0 Å². The Morgan fingerprint density at radius 3 is 2.30 bits per heavy atom. The van der Waals surface area contributed by atoms with E-state index in [1.807, 2.05) is 0 Å². The highest BCUT2D eigenvalue weighted by Crippen LogP contribution is 2.39. The van der Waals surface area contributed by atoms with Crippen LogP contribution in [0.3, 0.4) is 0 Å². The standard InChI is InChI=1S/C18H37NO/c1-6-7-8-9-10-11-12-18(13-14-20-16(18)2)15-19-17(3,4)5/h16,19H,6-15H2,1-5H3. The molecule has 0 aromatic heterocycles. The Labute approximate surface area is 127 Å². The van der Waals surface area contributed by atoms with E-state index in [-0.39, 0.29) is 5.54 Å². The molecule has 1 heterocycles. The smallest absolute Gasteiger partial charge is 0.0616 e. The van der Waals surface area contributed by atoms with E-state index in [0.29, 0.717) is 11.5 Å². The minimum absolute atomic E-state index is 0.205. The van der Waals surface area contributed by atoms with Crippen LogP contribution < -0.4 is 5.32 Å². The predicted molar refractivity (Wildman–Crippen MR) is 88.2 cm³/mol. The Morgan fingerprint density at radius 1 is 1.10 bits per heavy atom. The Bertz CT molecular complexity index is 259. The first kappa shape index (κ1) is 18.0. The molecule has 2 heteroatoms. The predicted octanol–water partition coefficient (Wildman–Crippen LogP) is 4.92. The number of rotatable bonds is 9. The molecule has 1 aliphatic rings. The lowest BCUT2D eigenvalue weighted by Gasteiger charge is -2.36. The molecule has 0 aliphatic carbocycles. The van der Waals surface area contributed by atoms with Crippen LogP contribution in [0.4, 0.5) is 0 Å². The molecule has 0 bridgehead atoms. The summed E-state index contributed by atoms with van der Waals surface area (Å²) < 4.78 is 5.89. The van der Waals surface area contributed by atoms with Gasteiger partial charge in [0.2, 0.25) is 0 Å². The molecular weight excluding hydrogens is 246 g/mol. The van der Waals surface area contributed by atoms with Gasteiger partial charge in [0.25, 0.3) is 0 Å². The summed E-state index contributed by atoms with van der Waals surface area (Å²) in [4.78, 5) is 0. The van der Waals surface area contributed by atoms with Crippen molar-refractivity contribution < 1.29 is 4.74 Å². The highest BCUT2D eigenvalue weighted by molar-refractivity contribution is 4.93. The van der Waals surface area contributed by atoms with Crippen molar-refractivity contribution in [2.75, 3.05) is 13.2 Å². The highest BCUT2D eigenvalue weighted by atomic mass is 16.5. The maximum Gasteiger partial charge on any atom is 0.0616 e. The lowest BCUT2D eigenvalue weighted by molar-refractivity contribution is 0.0536. The third-order valence-corrected chi connectivity index (χ3v) is 4.83. The molecular formula is C18H37NO. The molecule has 0 spiro atoms. The Kier molecular flexibility index (Phi) is 7.53. The fraction of sp³-hybridized carbons (Fsp3) is 1.00. The van der Waals surface area contributed by atoms with Crippen molar-refractivity contribution >= 4 is 0 Å². The monoisotopic (exact) mass is 283 g/mol. The molecule has 1 rings (SSSR count). The molecule has 1 aliphatic heterocycles. The molecule has 2 atom stereocenters. The normalized spacial score (nSPS) is 27.1. The Hall–Kier alpha value is -0.0800. The second-order valence-corrected chi connectivity index (χ2v) is 7.75. The first-order valence-electron chi connectivity index (χ1n) is 8.76. The zero-order chi connectivity index (χ0) is 15.1. The van der Waals surface area contributed by atoms with E-state index in [0.717, 1.165) is 13.2 Å². The van der Waals surface area contributed by atoms with Crippen LogP contribution in [-0.2, 0) is 4.74 Å². The van der Waals surface area contributed by atoms with Crippen molar-refractivity contribution in [3.8, 4) is 0 Å². The molecule has 2 unspecified atom stereocenters. The van der Waals surface area contributed by atoms with E-state index >= 15 is 0 Å². The van der Waals surface area contributed by atoms with Gasteiger partial charge < -0.3 is 10.1 Å². The number of nitrogens with one attached hydrogen (secondary N) is 1. The van der Waals surface area contributed by atoms with Crippen LogP contribution in [-0.4, -0.2) is 24.8 Å². The van der Waals surface area contributed by atoms with Crippen LogP contribution in [0.2, 0.25) is 0 Å². The zero-order valence-corrected chi connectivity index (χ0v) is 14.6. The fourth-order valence-electron chi connectivity index (χ4n) is 3.17. The van der Waals surface area contributed by atoms with Crippen molar-refractivity contribution in [2.45, 2.75) is 97.6 Å². The van der Waals surface area contributed by atoms with Gasteiger partial charge in [-0.2, -0.15) is 0 Å². The lowest BCUT2D eigenvalue weighted by atomic mass is 9.76. The van der Waals surface area contributed by atoms with Crippen LogP contribution in [0, 0.1) is 5.41 Å². The second kappa shape index (κ2) is 8.38. The average molecular weight is 284 g/mol. The summed E-state index contributed by atoms with van der Waals surface area (Å²) in [5.74, 6) is 0. The zero-order valence-electron chi connectivity index (χ0n) is 14.6. The van der Waals surface area contributed by atoms with Gasteiger partial charge in [-0.1, -0.05) is 45.4 Å². The lowest BCUT2D eigenvalue weighted by Crippen LogP contribution is -2.46. The summed E-state index contributed by atoms with van der Waals surface area (Å²) in [7, 11) is 0. The maximum atomic E-state index is 5.89. The van der Waals surface area contributed by atoms with Gasteiger partial charge in [-0.3, -0.25) is 0 Å². The van der Waals surface area contributed by atoms with E-state index < -0.39 is 0 Å². The van der Waals surface area contributed by atoms with Crippen LogP contribution in [0.25, 0.3) is 0 Å². The van der Waals surface area contributed by atoms with Gasteiger partial charge in [-0.25, -0.2) is 0 Å². The number of ether oxygens (including phenoxy) is 1. The largest absolute Gasteiger partial charge is 0.378 e. The molecule has 0 aromatic carbocycles. The van der Waals surface area contributed by atoms with Crippen LogP contribution >= 0.6 is 0 Å². The minimum Gasteiger partial charge on any atom is -0.378 e. The molecule has 2 nitrogen and oxygen atoms in total. The summed E-state index contributed by atoms with van der Waals surface area (Å²) in [5.41, 5.74) is 0.578. The molecule has 0 aromatic rings. The average Bonchev–Trinajstić information content (AvgIpc) is 2.73. The molecule has 120 valence electrons. The van der Waals surface area contributed by atoms with Gasteiger partial charge in [0, 0.05) is 24.1 Å². The Balaban J connectivity index is 2.36. The third kappa shape index (κ3) is 6.13. The van der Waals surface area contributed by atoms with Gasteiger partial charge >= 0.3 is 0 Å². The quantitative estimate of drug-likeness (QED) is 0.606. The summed E-state index contributed by atoms with van der Waals surface area (Å²) in [6, 6.07) is 0. The third-order valence-electron chi connectivity index (χ3n) is 4.83. The van der Waals surface area contributed by atoms with E-state index in [2.05, 4.69) is 39.9 Å². The number of hydrogen-bond donors (Lipinski definition) is 1. The van der Waals surface area contributed by atoms with Gasteiger partial charge in [-0.05, 0) is 40.5 Å². The summed E-state index contributed by atoms with van der Waals surface area (Å²) in [6.07, 6.45) is 11.3. The first-order chi connectivity index (χ1) is 9.40. The van der Waals surface area contributed by atoms with Crippen molar-refractivity contribution in [3.05, 3.63) is 0 Å². The second-order valence-electron chi connectivity index (χ2n) is 7.75. The molecule has 1 fully saturated rings. The summed E-state index contributed by atoms with van der Waals surface area (Å²) >= 11 is 0. The summed E-state index contributed by atoms with van der Waals surface area (Å²) in [6.45, 7) is 13.4. The van der Waals surface area contributed by atoms with Crippen molar-refractivity contribution in [1.82, 2.24) is 5.32 Å². The molecule has 0 radical (unpaired) electrons. The van der Waals surface area contributed by atoms with Crippen molar-refractivity contribution in [3.63, 3.8) is 0 Å². The van der Waals surface area contributed by atoms with Gasteiger partial charge in [-0.15, -0.1) is 0 Å². The van der Waals surface area contributed by atoms with E-state index in [1.54, 1.807) is 0 Å². The topological polar surface area (TPSA) is 21.3 Å². The van der Waals surface area contributed by atoms with Crippen LogP contribution in [0.15, 0.2) is 0 Å². The summed E-state index contributed by atoms with van der Waals surface area (Å²) in [5, 5.41) is 3.72. The maximum absolute atomic E-state index is 5.89. The van der Waals surface area contributed by atoms with Gasteiger partial charge in [0.1, 0.15) is 0 Å². The molecule has 1 saturated heterocycles. The molecule has 0 amide bonds. The fourth-order valence-corrected chi connectivity index (χ4v) is 3.17. The molecule has 0 saturated carbocycles. The van der Waals surface area contributed by atoms with Crippen molar-refractivity contribution in [1.29, 1.82) is 0 Å². The SMILES string of the molecule is CCCCCCCCC1(CNC(C)(C)C)CCOC1C. The van der Waals surface area contributed by atoms with Crippen LogP contribution in [0.1, 0.15) is 86.0 Å². The van der Waals surface area contributed by atoms with Crippen LogP contribution in [0.5, 0.6) is 0 Å². The first-order valence-corrected chi connectivity index (χ1v) is 8.76. The Morgan fingerprint density at radius 2 is 1.75 bits per heavy atom. The van der Waals surface area contributed by atoms with E-state index in [4.69, 9.17) is 4.74 Å². The van der Waals surface area contributed by atoms with Crippen molar-refractivity contribution in [2.24, 2.45) is 5.41 Å². The number of hydrogen-bond acceptors (Lipinski definition) is 2. The highest BCUT2D eigenvalue weighted by Gasteiger charge is 2.41. The number of unbranched alkanes of at least 4 members (excludes halogenated alkanes) is 5. The van der Waals surface area contributed by atoms with E-state index in [9.17, 15) is 0 Å². The molecule has 1 N–H and O–H groups in total. The van der Waals surface area contributed by atoms with E-state index in [1.165, 1.54) is 51.4 Å². The minimum atomic E-state index is 0.205. The van der Waals surface area contributed by atoms with Gasteiger partial charge in [0.05, 0.1) is 6.10 Å².